The van der Waals surface area contributed by atoms with E-state index in [-0.39, 0.29) is 17.7 Å². The Morgan fingerprint density at radius 1 is 0.857 bits per heavy atom. The van der Waals surface area contributed by atoms with Gasteiger partial charge in [0.25, 0.3) is 5.91 Å². The summed E-state index contributed by atoms with van der Waals surface area (Å²) in [4.78, 5) is 28.4. The smallest absolute Gasteiger partial charge is 0.254 e. The molecule has 1 atom stereocenters. The molecule has 8 heteroatoms. The summed E-state index contributed by atoms with van der Waals surface area (Å²) < 4.78 is 21.6. The molecule has 35 heavy (non-hydrogen) atoms. The number of likely N-dealkylation sites (tertiary alicyclic amines) is 1. The Kier molecular flexibility index (Phi) is 7.29. The van der Waals surface area contributed by atoms with Gasteiger partial charge in [-0.25, -0.2) is 0 Å². The highest BCUT2D eigenvalue weighted by molar-refractivity contribution is 6.08. The third kappa shape index (κ3) is 4.82. The number of nitrogens with zero attached hydrogens (tertiary/aromatic N) is 1. The van der Waals surface area contributed by atoms with Gasteiger partial charge in [-0.1, -0.05) is 24.3 Å². The molecule has 184 valence electrons. The highest BCUT2D eigenvalue weighted by atomic mass is 16.5. The van der Waals surface area contributed by atoms with Gasteiger partial charge in [0.05, 0.1) is 34.4 Å². The fourth-order valence-corrected chi connectivity index (χ4v) is 4.58. The molecular weight excluding hydrogens is 448 g/mol. The maximum atomic E-state index is 13.5. The normalized spacial score (nSPS) is 15.4. The average Bonchev–Trinajstić information content (AvgIpc) is 2.91. The van der Waals surface area contributed by atoms with Crippen molar-refractivity contribution in [3.63, 3.8) is 0 Å². The highest BCUT2D eigenvalue weighted by Gasteiger charge is 2.30. The first kappa shape index (κ1) is 24.2. The predicted molar refractivity (Wildman–Crippen MR) is 134 cm³/mol. The number of methoxy groups -OCH3 is 4. The number of anilines is 1. The quantitative estimate of drug-likeness (QED) is 0.543. The van der Waals surface area contributed by atoms with Crippen molar-refractivity contribution < 1.29 is 28.5 Å². The third-order valence-electron chi connectivity index (χ3n) is 6.35. The standard InChI is InChI=1S/C27H30N2O6/c1-32-22-12-11-21(19-9-5-6-10-20(19)22)27(31)29-13-7-8-17(16-29)26(30)28-18-14-23(33-2)25(35-4)24(15-18)34-3/h5-6,9-12,14-15,17H,7-8,13,16H2,1-4H3,(H,28,30). The molecule has 1 unspecified atom stereocenters. The number of piperidine rings is 1. The summed E-state index contributed by atoms with van der Waals surface area (Å²) in [6, 6.07) is 14.7. The number of benzene rings is 3. The molecule has 1 N–H and O–H groups in total. The zero-order chi connectivity index (χ0) is 24.9. The number of hydrogen-bond donors (Lipinski definition) is 1. The van der Waals surface area contributed by atoms with Crippen molar-refractivity contribution in [1.29, 1.82) is 0 Å². The van der Waals surface area contributed by atoms with E-state index in [2.05, 4.69) is 5.32 Å². The molecule has 1 aliphatic rings. The van der Waals surface area contributed by atoms with Gasteiger partial charge < -0.3 is 29.2 Å². The van der Waals surface area contributed by atoms with E-state index >= 15 is 0 Å². The molecule has 3 aromatic carbocycles. The lowest BCUT2D eigenvalue weighted by Crippen LogP contribution is -2.43. The van der Waals surface area contributed by atoms with Crippen LogP contribution in [-0.2, 0) is 4.79 Å². The van der Waals surface area contributed by atoms with Gasteiger partial charge in [-0.3, -0.25) is 9.59 Å². The van der Waals surface area contributed by atoms with Gasteiger partial charge in [-0.2, -0.15) is 0 Å². The second-order valence-electron chi connectivity index (χ2n) is 8.35. The predicted octanol–water partition coefficient (Wildman–Crippen LogP) is 4.37. The van der Waals surface area contributed by atoms with E-state index in [4.69, 9.17) is 18.9 Å². The van der Waals surface area contributed by atoms with Gasteiger partial charge in [0.15, 0.2) is 11.5 Å². The van der Waals surface area contributed by atoms with E-state index in [9.17, 15) is 9.59 Å². The molecule has 3 aromatic rings. The van der Waals surface area contributed by atoms with Gasteiger partial charge in [0, 0.05) is 41.9 Å². The fourth-order valence-electron chi connectivity index (χ4n) is 4.58. The van der Waals surface area contributed by atoms with E-state index in [1.54, 1.807) is 30.2 Å². The molecule has 0 spiro atoms. The highest BCUT2D eigenvalue weighted by Crippen LogP contribution is 2.40. The number of nitrogens with one attached hydrogen (secondary N) is 1. The minimum atomic E-state index is -0.337. The van der Waals surface area contributed by atoms with E-state index in [0.29, 0.717) is 48.0 Å². The molecule has 0 aliphatic carbocycles. The molecule has 1 aliphatic heterocycles. The van der Waals surface area contributed by atoms with Crippen LogP contribution in [-0.4, -0.2) is 58.2 Å². The molecule has 0 bridgehead atoms. The fraction of sp³-hybridized carbons (Fsp3) is 0.333. The molecule has 1 saturated heterocycles. The lowest BCUT2D eigenvalue weighted by Gasteiger charge is -2.32. The van der Waals surface area contributed by atoms with E-state index in [0.717, 1.165) is 22.9 Å². The third-order valence-corrected chi connectivity index (χ3v) is 6.35. The Bertz CT molecular complexity index is 1220. The van der Waals surface area contributed by atoms with Crippen molar-refractivity contribution in [2.75, 3.05) is 46.8 Å². The number of carbonyl (C=O) groups excluding carboxylic acids is 2. The van der Waals surface area contributed by atoms with Gasteiger partial charge in [0.1, 0.15) is 5.75 Å². The minimum Gasteiger partial charge on any atom is -0.496 e. The van der Waals surface area contributed by atoms with Gasteiger partial charge in [-0.15, -0.1) is 0 Å². The molecular formula is C27H30N2O6. The van der Waals surface area contributed by atoms with E-state index in [1.165, 1.54) is 21.3 Å². The van der Waals surface area contributed by atoms with Crippen molar-refractivity contribution in [2.24, 2.45) is 5.92 Å². The SMILES string of the molecule is COc1cc(NC(=O)C2CCCN(C(=O)c3ccc(OC)c4ccccc34)C2)cc(OC)c1OC. The molecule has 4 rings (SSSR count). The number of carbonyl (C=O) groups is 2. The molecule has 2 amide bonds. The van der Waals surface area contributed by atoms with Crippen LogP contribution in [0.3, 0.4) is 0 Å². The lowest BCUT2D eigenvalue weighted by atomic mass is 9.95. The molecule has 1 fully saturated rings. The van der Waals surface area contributed by atoms with E-state index in [1.807, 2.05) is 30.3 Å². The van der Waals surface area contributed by atoms with Crippen molar-refractivity contribution >= 4 is 28.3 Å². The van der Waals surface area contributed by atoms with Gasteiger partial charge >= 0.3 is 0 Å². The summed E-state index contributed by atoms with van der Waals surface area (Å²) in [5.41, 5.74) is 1.14. The van der Waals surface area contributed by atoms with Crippen LogP contribution in [0, 0.1) is 5.92 Å². The first-order chi connectivity index (χ1) is 17.0. The Morgan fingerprint density at radius 2 is 1.51 bits per heavy atom. The molecule has 1 heterocycles. The Morgan fingerprint density at radius 3 is 2.14 bits per heavy atom. The summed E-state index contributed by atoms with van der Waals surface area (Å²) in [6.45, 7) is 0.947. The molecule has 0 radical (unpaired) electrons. The van der Waals surface area contributed by atoms with Crippen LogP contribution in [0.5, 0.6) is 23.0 Å². The van der Waals surface area contributed by atoms with Crippen molar-refractivity contribution in [3.05, 3.63) is 54.1 Å². The summed E-state index contributed by atoms with van der Waals surface area (Å²) in [5.74, 6) is 1.50. The monoisotopic (exact) mass is 478 g/mol. The van der Waals surface area contributed by atoms with Crippen molar-refractivity contribution in [2.45, 2.75) is 12.8 Å². The van der Waals surface area contributed by atoms with Crippen LogP contribution in [0.2, 0.25) is 0 Å². The Balaban J connectivity index is 1.52. The summed E-state index contributed by atoms with van der Waals surface area (Å²) in [7, 11) is 6.19. The Hall–Kier alpha value is -3.94. The first-order valence-electron chi connectivity index (χ1n) is 11.5. The summed E-state index contributed by atoms with van der Waals surface area (Å²) >= 11 is 0. The zero-order valence-corrected chi connectivity index (χ0v) is 20.4. The largest absolute Gasteiger partial charge is 0.496 e. The number of fused-ring (bicyclic) bond motifs is 1. The van der Waals surface area contributed by atoms with Crippen molar-refractivity contribution in [1.82, 2.24) is 4.90 Å². The number of amides is 2. The van der Waals surface area contributed by atoms with Crippen LogP contribution >= 0.6 is 0 Å². The Labute approximate surface area is 204 Å². The van der Waals surface area contributed by atoms with Gasteiger partial charge in [0.2, 0.25) is 11.7 Å². The number of rotatable bonds is 7. The molecule has 0 saturated carbocycles. The second kappa shape index (κ2) is 10.5. The average molecular weight is 479 g/mol. The summed E-state index contributed by atoms with van der Waals surface area (Å²) in [5, 5.41) is 4.67. The molecule has 8 nitrogen and oxygen atoms in total. The molecule has 0 aromatic heterocycles. The van der Waals surface area contributed by atoms with Gasteiger partial charge in [-0.05, 0) is 30.4 Å². The first-order valence-corrected chi connectivity index (χ1v) is 11.5. The van der Waals surface area contributed by atoms with Crippen molar-refractivity contribution in [3.8, 4) is 23.0 Å². The van der Waals surface area contributed by atoms with Crippen LogP contribution in [0.15, 0.2) is 48.5 Å². The minimum absolute atomic E-state index is 0.0888. The van der Waals surface area contributed by atoms with Crippen LogP contribution in [0.4, 0.5) is 5.69 Å². The maximum absolute atomic E-state index is 13.5. The van der Waals surface area contributed by atoms with E-state index < -0.39 is 0 Å². The van der Waals surface area contributed by atoms with Crippen LogP contribution in [0.1, 0.15) is 23.2 Å². The topological polar surface area (TPSA) is 86.3 Å². The maximum Gasteiger partial charge on any atom is 0.254 e. The van der Waals surface area contributed by atoms with Crippen LogP contribution < -0.4 is 24.3 Å². The number of hydrogen-bond acceptors (Lipinski definition) is 6. The zero-order valence-electron chi connectivity index (χ0n) is 20.4. The second-order valence-corrected chi connectivity index (χ2v) is 8.35. The lowest BCUT2D eigenvalue weighted by molar-refractivity contribution is -0.121. The number of ether oxygens (including phenoxy) is 4. The van der Waals surface area contributed by atoms with Crippen LogP contribution in [0.25, 0.3) is 10.8 Å². The summed E-state index contributed by atoms with van der Waals surface area (Å²) in [6.07, 6.45) is 1.44.